The molecule has 0 bridgehead atoms. The van der Waals surface area contributed by atoms with E-state index in [1.807, 2.05) is 11.8 Å². The molecule has 2 amide bonds. The van der Waals surface area contributed by atoms with Crippen molar-refractivity contribution in [3.05, 3.63) is 59.8 Å². The predicted octanol–water partition coefficient (Wildman–Crippen LogP) is 4.69. The topological polar surface area (TPSA) is 90.9 Å². The SMILES string of the molecule is C=CC(=O)N1CCN([C@@H](CC2CCC2)c2ccc([C@H](C)Nc3ncc4c(n3)N(CC)C(=O)OC4)cc2)CC1. The van der Waals surface area contributed by atoms with Gasteiger partial charge < -0.3 is 15.0 Å². The van der Waals surface area contributed by atoms with Gasteiger partial charge in [0.15, 0.2) is 0 Å². The molecule has 0 spiro atoms. The summed E-state index contributed by atoms with van der Waals surface area (Å²) in [6.45, 7) is 11.6. The molecule has 2 atom stereocenters. The fraction of sp³-hybridized carbons (Fsp3) is 0.517. The second-order valence-electron chi connectivity index (χ2n) is 10.5. The van der Waals surface area contributed by atoms with Gasteiger partial charge >= 0.3 is 6.09 Å². The molecule has 2 aromatic rings. The van der Waals surface area contributed by atoms with Crippen LogP contribution in [0.1, 0.15) is 68.3 Å². The van der Waals surface area contributed by atoms with Crippen molar-refractivity contribution in [2.24, 2.45) is 5.92 Å². The number of hydrogen-bond donors (Lipinski definition) is 1. The van der Waals surface area contributed by atoms with Crippen molar-refractivity contribution in [3.63, 3.8) is 0 Å². The Labute approximate surface area is 224 Å². The Morgan fingerprint density at radius 2 is 1.89 bits per heavy atom. The summed E-state index contributed by atoms with van der Waals surface area (Å²) < 4.78 is 5.19. The van der Waals surface area contributed by atoms with Gasteiger partial charge in [-0.3, -0.25) is 14.6 Å². The molecule has 1 saturated carbocycles. The maximum absolute atomic E-state index is 12.1. The minimum absolute atomic E-state index is 0.00809. The number of ether oxygens (including phenoxy) is 1. The van der Waals surface area contributed by atoms with Gasteiger partial charge in [-0.2, -0.15) is 4.98 Å². The molecule has 1 aliphatic carbocycles. The molecule has 1 N–H and O–H groups in total. The Morgan fingerprint density at radius 3 is 2.53 bits per heavy atom. The van der Waals surface area contributed by atoms with Crippen molar-refractivity contribution in [1.29, 1.82) is 0 Å². The average molecular weight is 519 g/mol. The zero-order chi connectivity index (χ0) is 26.6. The van der Waals surface area contributed by atoms with Crippen LogP contribution in [0.4, 0.5) is 16.6 Å². The molecule has 1 aromatic carbocycles. The summed E-state index contributed by atoms with van der Waals surface area (Å²) in [5, 5.41) is 3.39. The molecule has 38 heavy (non-hydrogen) atoms. The highest BCUT2D eigenvalue weighted by atomic mass is 16.6. The minimum atomic E-state index is -0.376. The van der Waals surface area contributed by atoms with Gasteiger partial charge in [0, 0.05) is 45.0 Å². The van der Waals surface area contributed by atoms with E-state index in [2.05, 4.69) is 58.0 Å². The largest absolute Gasteiger partial charge is 0.444 e. The van der Waals surface area contributed by atoms with Crippen LogP contribution in [-0.2, 0) is 16.1 Å². The van der Waals surface area contributed by atoms with Crippen LogP contribution in [0.5, 0.6) is 0 Å². The van der Waals surface area contributed by atoms with E-state index in [-0.39, 0.29) is 24.6 Å². The fourth-order valence-electron chi connectivity index (χ4n) is 5.59. The number of cyclic esters (lactones) is 1. The minimum Gasteiger partial charge on any atom is -0.444 e. The summed E-state index contributed by atoms with van der Waals surface area (Å²) in [4.78, 5) is 39.2. The van der Waals surface area contributed by atoms with Crippen molar-refractivity contribution < 1.29 is 14.3 Å². The summed E-state index contributed by atoms with van der Waals surface area (Å²) in [6.07, 6.45) is 7.90. The zero-order valence-corrected chi connectivity index (χ0v) is 22.4. The Balaban J connectivity index is 1.27. The highest BCUT2D eigenvalue weighted by Gasteiger charge is 2.31. The fourth-order valence-corrected chi connectivity index (χ4v) is 5.59. The van der Waals surface area contributed by atoms with Gasteiger partial charge in [-0.25, -0.2) is 9.78 Å². The van der Waals surface area contributed by atoms with Crippen LogP contribution < -0.4 is 10.2 Å². The van der Waals surface area contributed by atoms with Gasteiger partial charge in [0.1, 0.15) is 12.4 Å². The number of rotatable bonds is 9. The van der Waals surface area contributed by atoms with Gasteiger partial charge in [0.2, 0.25) is 11.9 Å². The molecule has 5 rings (SSSR count). The van der Waals surface area contributed by atoms with Crippen LogP contribution >= 0.6 is 0 Å². The predicted molar refractivity (Wildman–Crippen MR) is 147 cm³/mol. The number of hydrogen-bond acceptors (Lipinski definition) is 7. The number of aromatic nitrogens is 2. The number of benzene rings is 1. The molecular formula is C29H38N6O3. The van der Waals surface area contributed by atoms with E-state index in [0.717, 1.165) is 43.2 Å². The number of carbonyl (C=O) groups excluding carboxylic acids is 2. The smallest absolute Gasteiger partial charge is 0.415 e. The summed E-state index contributed by atoms with van der Waals surface area (Å²) in [6, 6.07) is 9.23. The number of anilines is 2. The number of nitrogens with one attached hydrogen (secondary N) is 1. The van der Waals surface area contributed by atoms with Crippen LogP contribution in [-0.4, -0.2) is 64.5 Å². The average Bonchev–Trinajstić information content (AvgIpc) is 2.92. The number of piperazine rings is 1. The van der Waals surface area contributed by atoms with Crippen molar-refractivity contribution in [2.75, 3.05) is 42.9 Å². The van der Waals surface area contributed by atoms with Gasteiger partial charge in [0.05, 0.1) is 11.6 Å². The molecule has 0 radical (unpaired) electrons. The number of amides is 2. The first-order chi connectivity index (χ1) is 18.5. The standard InChI is InChI=1S/C29H38N6O3/c1-4-26(36)34-15-13-33(14-16-34)25(17-21-7-6-8-21)23-11-9-22(10-12-23)20(3)31-28-30-18-24-19-38-29(37)35(5-2)27(24)32-28/h4,9-12,18,20-21,25H,1,5-8,13-17,19H2,2-3H3,(H,30,31,32)/t20-,25-/m0/s1. The molecule has 1 aromatic heterocycles. The normalized spacial score (nSPS) is 19.7. The third-order valence-electron chi connectivity index (χ3n) is 8.17. The number of fused-ring (bicyclic) bond motifs is 1. The first-order valence-electron chi connectivity index (χ1n) is 13.8. The first kappa shape index (κ1) is 26.2. The van der Waals surface area contributed by atoms with Gasteiger partial charge in [-0.05, 0) is 43.4 Å². The molecule has 2 aliphatic heterocycles. The zero-order valence-electron chi connectivity index (χ0n) is 22.4. The van der Waals surface area contributed by atoms with E-state index in [0.29, 0.717) is 24.4 Å². The third-order valence-corrected chi connectivity index (χ3v) is 8.17. The molecule has 9 nitrogen and oxygen atoms in total. The van der Waals surface area contributed by atoms with Crippen molar-refractivity contribution in [3.8, 4) is 0 Å². The maximum atomic E-state index is 12.1. The lowest BCUT2D eigenvalue weighted by molar-refractivity contribution is -0.128. The Hall–Kier alpha value is -3.46. The first-order valence-corrected chi connectivity index (χ1v) is 13.8. The molecule has 0 unspecified atom stereocenters. The van der Waals surface area contributed by atoms with Crippen LogP contribution in [0.25, 0.3) is 0 Å². The Kier molecular flexibility index (Phi) is 7.93. The number of nitrogens with zero attached hydrogens (tertiary/aromatic N) is 5. The Bertz CT molecular complexity index is 1160. The molecule has 9 heteroatoms. The van der Waals surface area contributed by atoms with E-state index >= 15 is 0 Å². The van der Waals surface area contributed by atoms with Gasteiger partial charge in [0.25, 0.3) is 0 Å². The van der Waals surface area contributed by atoms with E-state index in [1.165, 1.54) is 42.2 Å². The van der Waals surface area contributed by atoms with Crippen LogP contribution in [0.3, 0.4) is 0 Å². The quantitative estimate of drug-likeness (QED) is 0.482. The van der Waals surface area contributed by atoms with Crippen LogP contribution in [0, 0.1) is 5.92 Å². The van der Waals surface area contributed by atoms with Crippen molar-refractivity contribution in [2.45, 2.75) is 58.2 Å². The lowest BCUT2D eigenvalue weighted by Gasteiger charge is -2.41. The maximum Gasteiger partial charge on any atom is 0.415 e. The van der Waals surface area contributed by atoms with Gasteiger partial charge in [-0.15, -0.1) is 0 Å². The van der Waals surface area contributed by atoms with Crippen molar-refractivity contribution in [1.82, 2.24) is 19.8 Å². The Morgan fingerprint density at radius 1 is 1.18 bits per heavy atom. The van der Waals surface area contributed by atoms with E-state index in [9.17, 15) is 9.59 Å². The summed E-state index contributed by atoms with van der Waals surface area (Å²) in [5.74, 6) is 1.91. The second kappa shape index (κ2) is 11.5. The summed E-state index contributed by atoms with van der Waals surface area (Å²) in [7, 11) is 0. The lowest BCUT2D eigenvalue weighted by atomic mass is 9.79. The second-order valence-corrected chi connectivity index (χ2v) is 10.5. The monoisotopic (exact) mass is 518 g/mol. The van der Waals surface area contributed by atoms with E-state index < -0.39 is 0 Å². The van der Waals surface area contributed by atoms with Crippen LogP contribution in [0.15, 0.2) is 43.1 Å². The number of carbonyl (C=O) groups is 2. The molecule has 3 aliphatic rings. The van der Waals surface area contributed by atoms with Crippen LogP contribution in [0.2, 0.25) is 0 Å². The molecule has 3 heterocycles. The molecular weight excluding hydrogens is 480 g/mol. The van der Waals surface area contributed by atoms with Gasteiger partial charge in [-0.1, -0.05) is 50.1 Å². The highest BCUT2D eigenvalue weighted by Crippen LogP contribution is 2.38. The molecule has 1 saturated heterocycles. The molecule has 202 valence electrons. The highest BCUT2D eigenvalue weighted by molar-refractivity contribution is 5.89. The van der Waals surface area contributed by atoms with E-state index in [1.54, 1.807) is 6.20 Å². The summed E-state index contributed by atoms with van der Waals surface area (Å²) >= 11 is 0. The summed E-state index contributed by atoms with van der Waals surface area (Å²) in [5.41, 5.74) is 3.28. The lowest BCUT2D eigenvalue weighted by Crippen LogP contribution is -2.49. The van der Waals surface area contributed by atoms with Crippen molar-refractivity contribution >= 4 is 23.8 Å². The third kappa shape index (κ3) is 5.53. The molecule has 2 fully saturated rings. The van der Waals surface area contributed by atoms with E-state index in [4.69, 9.17) is 4.74 Å².